The van der Waals surface area contributed by atoms with E-state index in [9.17, 15) is 14.7 Å². The number of hydrogen-bond donors (Lipinski definition) is 1. The number of rotatable bonds is 4. The van der Waals surface area contributed by atoms with E-state index in [-0.39, 0.29) is 11.8 Å². The summed E-state index contributed by atoms with van der Waals surface area (Å²) in [6.07, 6.45) is 7.90. The molecule has 4 heteroatoms. The molecule has 0 aromatic rings. The van der Waals surface area contributed by atoms with E-state index in [1.807, 2.05) is 4.90 Å². The Labute approximate surface area is 127 Å². The maximum Gasteiger partial charge on any atom is 0.307 e. The number of carbonyl (C=O) groups excluding carboxylic acids is 1. The summed E-state index contributed by atoms with van der Waals surface area (Å²) in [7, 11) is 0. The van der Waals surface area contributed by atoms with Crippen LogP contribution in [0.4, 0.5) is 0 Å². The average Bonchev–Trinajstić information content (AvgIpc) is 2.78. The number of carboxylic acid groups (broad SMARTS) is 1. The Morgan fingerprint density at radius 3 is 2.38 bits per heavy atom. The highest BCUT2D eigenvalue weighted by molar-refractivity contribution is 5.85. The summed E-state index contributed by atoms with van der Waals surface area (Å²) in [5, 5.41) is 9.45. The van der Waals surface area contributed by atoms with Crippen LogP contribution in [0.3, 0.4) is 0 Å². The molecule has 2 rings (SSSR count). The lowest BCUT2D eigenvalue weighted by Crippen LogP contribution is -2.44. The first kappa shape index (κ1) is 16.3. The van der Waals surface area contributed by atoms with Crippen molar-refractivity contribution in [1.29, 1.82) is 0 Å². The Morgan fingerprint density at radius 1 is 1.05 bits per heavy atom. The minimum atomic E-state index is -0.785. The summed E-state index contributed by atoms with van der Waals surface area (Å²) < 4.78 is 0. The van der Waals surface area contributed by atoms with Crippen molar-refractivity contribution in [3.8, 4) is 0 Å². The van der Waals surface area contributed by atoms with Crippen molar-refractivity contribution in [2.24, 2.45) is 17.8 Å². The van der Waals surface area contributed by atoms with E-state index < -0.39 is 11.9 Å². The Morgan fingerprint density at radius 2 is 1.76 bits per heavy atom. The molecule has 0 aromatic heterocycles. The van der Waals surface area contributed by atoms with Crippen LogP contribution in [-0.4, -0.2) is 34.5 Å². The number of amides is 1. The maximum absolute atomic E-state index is 13.0. The van der Waals surface area contributed by atoms with Crippen LogP contribution in [0.5, 0.6) is 0 Å². The molecule has 1 saturated heterocycles. The Bertz CT molecular complexity index is 382. The first-order valence-electron chi connectivity index (χ1n) is 8.61. The monoisotopic (exact) mass is 295 g/mol. The molecule has 0 radical (unpaired) electrons. The number of nitrogens with zero attached hydrogens (tertiary/aromatic N) is 1. The summed E-state index contributed by atoms with van der Waals surface area (Å²) in [6, 6.07) is 0.315. The lowest BCUT2D eigenvalue weighted by molar-refractivity contribution is -0.150. The summed E-state index contributed by atoms with van der Waals surface area (Å²) >= 11 is 0. The molecule has 21 heavy (non-hydrogen) atoms. The van der Waals surface area contributed by atoms with Crippen LogP contribution in [-0.2, 0) is 9.59 Å². The van der Waals surface area contributed by atoms with Gasteiger partial charge in [0.1, 0.15) is 0 Å². The average molecular weight is 295 g/mol. The predicted molar refractivity (Wildman–Crippen MR) is 81.9 cm³/mol. The SMILES string of the molecule is CCC1CC(C(=O)O)C(C(=O)N2CCCCCC2CC)C1. The fourth-order valence-corrected chi connectivity index (χ4v) is 4.13. The highest BCUT2D eigenvalue weighted by Crippen LogP contribution is 2.40. The second-order valence-corrected chi connectivity index (χ2v) is 6.74. The van der Waals surface area contributed by atoms with Gasteiger partial charge in [-0.3, -0.25) is 9.59 Å². The number of hydrogen-bond acceptors (Lipinski definition) is 2. The van der Waals surface area contributed by atoms with E-state index in [1.165, 1.54) is 12.8 Å². The third-order valence-electron chi connectivity index (χ3n) is 5.50. The molecule has 120 valence electrons. The van der Waals surface area contributed by atoms with E-state index in [0.717, 1.165) is 38.6 Å². The Hall–Kier alpha value is -1.06. The van der Waals surface area contributed by atoms with E-state index in [2.05, 4.69) is 13.8 Å². The maximum atomic E-state index is 13.0. The lowest BCUT2D eigenvalue weighted by Gasteiger charge is -2.32. The van der Waals surface area contributed by atoms with Gasteiger partial charge >= 0.3 is 5.97 Å². The summed E-state index contributed by atoms with van der Waals surface area (Å²) in [6.45, 7) is 5.04. The molecule has 1 saturated carbocycles. The molecule has 1 aliphatic carbocycles. The molecule has 0 aromatic carbocycles. The van der Waals surface area contributed by atoms with Crippen molar-refractivity contribution in [3.05, 3.63) is 0 Å². The molecule has 1 N–H and O–H groups in total. The molecule has 2 aliphatic rings. The standard InChI is InChI=1S/C17H29NO3/c1-3-12-10-14(15(11-12)17(20)21)16(19)18-9-7-5-6-8-13(18)4-2/h12-15H,3-11H2,1-2H3,(H,20,21). The second kappa shape index (κ2) is 7.28. The topological polar surface area (TPSA) is 57.6 Å². The van der Waals surface area contributed by atoms with Gasteiger partial charge in [0.05, 0.1) is 11.8 Å². The number of aliphatic carboxylic acids is 1. The Kier molecular flexibility index (Phi) is 5.65. The fraction of sp³-hybridized carbons (Fsp3) is 0.882. The molecule has 1 aliphatic heterocycles. The van der Waals surface area contributed by atoms with Crippen molar-refractivity contribution in [2.75, 3.05) is 6.54 Å². The highest BCUT2D eigenvalue weighted by Gasteiger charge is 2.44. The van der Waals surface area contributed by atoms with Crippen LogP contribution in [0.1, 0.15) is 65.2 Å². The van der Waals surface area contributed by atoms with E-state index >= 15 is 0 Å². The van der Waals surface area contributed by atoms with E-state index in [1.54, 1.807) is 0 Å². The van der Waals surface area contributed by atoms with Gasteiger partial charge in [0.15, 0.2) is 0 Å². The molecule has 0 spiro atoms. The molecule has 4 nitrogen and oxygen atoms in total. The van der Waals surface area contributed by atoms with Crippen LogP contribution >= 0.6 is 0 Å². The zero-order valence-corrected chi connectivity index (χ0v) is 13.4. The van der Waals surface area contributed by atoms with Crippen molar-refractivity contribution < 1.29 is 14.7 Å². The van der Waals surface area contributed by atoms with Gasteiger partial charge in [-0.25, -0.2) is 0 Å². The van der Waals surface area contributed by atoms with Crippen molar-refractivity contribution in [2.45, 2.75) is 71.3 Å². The van der Waals surface area contributed by atoms with Gasteiger partial charge < -0.3 is 10.0 Å². The van der Waals surface area contributed by atoms with Gasteiger partial charge in [0, 0.05) is 12.6 Å². The normalized spacial score (nSPS) is 33.7. The fourth-order valence-electron chi connectivity index (χ4n) is 4.13. The van der Waals surface area contributed by atoms with E-state index in [0.29, 0.717) is 18.4 Å². The van der Waals surface area contributed by atoms with Crippen LogP contribution in [0.2, 0.25) is 0 Å². The van der Waals surface area contributed by atoms with Gasteiger partial charge in [0.25, 0.3) is 0 Å². The van der Waals surface area contributed by atoms with Gasteiger partial charge in [0.2, 0.25) is 5.91 Å². The van der Waals surface area contributed by atoms with Crippen molar-refractivity contribution in [3.63, 3.8) is 0 Å². The third-order valence-corrected chi connectivity index (χ3v) is 5.50. The lowest BCUT2D eigenvalue weighted by atomic mass is 9.93. The van der Waals surface area contributed by atoms with Gasteiger partial charge in [-0.1, -0.05) is 33.1 Å². The number of likely N-dealkylation sites (tertiary alicyclic amines) is 1. The van der Waals surface area contributed by atoms with Crippen LogP contribution in [0, 0.1) is 17.8 Å². The predicted octanol–water partition coefficient (Wildman–Crippen LogP) is 3.30. The van der Waals surface area contributed by atoms with Crippen molar-refractivity contribution >= 4 is 11.9 Å². The summed E-state index contributed by atoms with van der Waals surface area (Å²) in [4.78, 5) is 26.5. The Balaban J connectivity index is 2.13. The van der Waals surface area contributed by atoms with Crippen LogP contribution < -0.4 is 0 Å². The quantitative estimate of drug-likeness (QED) is 0.865. The summed E-state index contributed by atoms with van der Waals surface area (Å²) in [5.41, 5.74) is 0. The largest absolute Gasteiger partial charge is 0.481 e. The highest BCUT2D eigenvalue weighted by atomic mass is 16.4. The van der Waals surface area contributed by atoms with Crippen molar-refractivity contribution in [1.82, 2.24) is 4.90 Å². The molecule has 1 heterocycles. The number of carbonyl (C=O) groups is 2. The minimum absolute atomic E-state index is 0.118. The van der Waals surface area contributed by atoms with Crippen LogP contribution in [0.25, 0.3) is 0 Å². The van der Waals surface area contributed by atoms with E-state index in [4.69, 9.17) is 0 Å². The summed E-state index contributed by atoms with van der Waals surface area (Å²) in [5.74, 6) is -1.03. The minimum Gasteiger partial charge on any atom is -0.481 e. The van der Waals surface area contributed by atoms with Crippen LogP contribution in [0.15, 0.2) is 0 Å². The van der Waals surface area contributed by atoms with Gasteiger partial charge in [-0.2, -0.15) is 0 Å². The molecule has 4 atom stereocenters. The molecule has 4 unspecified atom stereocenters. The molecular weight excluding hydrogens is 266 g/mol. The number of carboxylic acids is 1. The molecule has 2 fully saturated rings. The third kappa shape index (κ3) is 3.58. The second-order valence-electron chi connectivity index (χ2n) is 6.74. The zero-order chi connectivity index (χ0) is 15.4. The zero-order valence-electron chi connectivity index (χ0n) is 13.4. The molecule has 1 amide bonds. The first-order chi connectivity index (χ1) is 10.1. The van der Waals surface area contributed by atoms with Gasteiger partial charge in [-0.05, 0) is 38.0 Å². The smallest absolute Gasteiger partial charge is 0.307 e. The molecular formula is C17H29NO3. The molecule has 0 bridgehead atoms. The first-order valence-corrected chi connectivity index (χ1v) is 8.61. The van der Waals surface area contributed by atoms with Gasteiger partial charge in [-0.15, -0.1) is 0 Å².